The van der Waals surface area contributed by atoms with Crippen LogP contribution >= 0.6 is 0 Å². The number of benzene rings is 2. The van der Waals surface area contributed by atoms with Crippen LogP contribution in [0.1, 0.15) is 17.3 Å². The Morgan fingerprint density at radius 2 is 1.66 bits per heavy atom. The predicted octanol–water partition coefficient (Wildman–Crippen LogP) is 1.09. The van der Waals surface area contributed by atoms with Gasteiger partial charge in [0, 0.05) is 26.7 Å². The normalized spacial score (nSPS) is 11.1. The zero-order valence-electron chi connectivity index (χ0n) is 19.3. The molecule has 1 heterocycles. The van der Waals surface area contributed by atoms with Crippen molar-refractivity contribution in [3.63, 3.8) is 0 Å². The maximum atomic E-state index is 13.2. The van der Waals surface area contributed by atoms with Crippen LogP contribution in [0, 0.1) is 0 Å². The van der Waals surface area contributed by atoms with E-state index in [4.69, 9.17) is 4.74 Å². The molecule has 1 amide bonds. The van der Waals surface area contributed by atoms with Crippen LogP contribution in [0.4, 0.5) is 11.5 Å². The lowest BCUT2D eigenvalue weighted by atomic mass is 10.2. The molecule has 1 aromatic heterocycles. The highest BCUT2D eigenvalue weighted by Crippen LogP contribution is 2.24. The Bertz CT molecular complexity index is 1480. The fourth-order valence-corrected chi connectivity index (χ4v) is 4.76. The molecule has 184 valence electrons. The number of para-hydroxylation sites is 1. The van der Waals surface area contributed by atoms with E-state index in [1.165, 1.54) is 42.7 Å². The molecule has 0 saturated carbocycles. The number of esters is 1. The van der Waals surface area contributed by atoms with Crippen LogP contribution in [0.15, 0.2) is 75.1 Å². The molecule has 0 fully saturated rings. The summed E-state index contributed by atoms with van der Waals surface area (Å²) >= 11 is 0. The first kappa shape index (κ1) is 25.4. The van der Waals surface area contributed by atoms with Gasteiger partial charge in [-0.1, -0.05) is 24.3 Å². The average molecular weight is 501 g/mol. The van der Waals surface area contributed by atoms with E-state index in [0.717, 1.165) is 15.2 Å². The first-order chi connectivity index (χ1) is 16.6. The van der Waals surface area contributed by atoms with E-state index in [9.17, 15) is 27.6 Å². The molecule has 2 aromatic carbocycles. The summed E-state index contributed by atoms with van der Waals surface area (Å²) in [6.07, 6.45) is 0. The van der Waals surface area contributed by atoms with Crippen LogP contribution in [0.25, 0.3) is 0 Å². The second kappa shape index (κ2) is 10.4. The molecular weight excluding hydrogens is 476 g/mol. The van der Waals surface area contributed by atoms with Crippen molar-refractivity contribution in [3.05, 3.63) is 87.1 Å². The van der Waals surface area contributed by atoms with Crippen LogP contribution in [0.2, 0.25) is 0 Å². The SMILES string of the molecule is CCN(c1ccccc1)S(=O)(=O)c1cccc(C(=O)OCC(=O)Nc2cc(=O)n(C)c(=O)n2C)c1. The number of hydrogen-bond acceptors (Lipinski definition) is 7. The van der Waals surface area contributed by atoms with Crippen LogP contribution in [-0.4, -0.2) is 42.6 Å². The van der Waals surface area contributed by atoms with Gasteiger partial charge >= 0.3 is 11.7 Å². The Balaban J connectivity index is 1.73. The highest BCUT2D eigenvalue weighted by molar-refractivity contribution is 7.92. The van der Waals surface area contributed by atoms with Crippen LogP contribution in [-0.2, 0) is 33.7 Å². The quantitative estimate of drug-likeness (QED) is 0.457. The molecular formula is C23H24N4O7S. The molecule has 12 heteroatoms. The number of ether oxygens (including phenoxy) is 1. The van der Waals surface area contributed by atoms with Crippen molar-refractivity contribution in [2.75, 3.05) is 22.8 Å². The molecule has 0 aliphatic heterocycles. The molecule has 1 N–H and O–H groups in total. The molecule has 0 atom stereocenters. The summed E-state index contributed by atoms with van der Waals surface area (Å²) < 4.78 is 34.5. The van der Waals surface area contributed by atoms with Gasteiger partial charge < -0.3 is 10.1 Å². The van der Waals surface area contributed by atoms with E-state index in [0.29, 0.717) is 5.69 Å². The summed E-state index contributed by atoms with van der Waals surface area (Å²) in [6.45, 7) is 1.15. The summed E-state index contributed by atoms with van der Waals surface area (Å²) in [4.78, 5) is 48.3. The maximum Gasteiger partial charge on any atom is 0.338 e. The molecule has 0 unspecified atom stereocenters. The second-order valence-corrected chi connectivity index (χ2v) is 9.29. The molecule has 11 nitrogen and oxygen atoms in total. The highest BCUT2D eigenvalue weighted by Gasteiger charge is 2.25. The third kappa shape index (κ3) is 5.49. The predicted molar refractivity (Wildman–Crippen MR) is 129 cm³/mol. The summed E-state index contributed by atoms with van der Waals surface area (Å²) in [5, 5.41) is 2.33. The maximum absolute atomic E-state index is 13.2. The minimum absolute atomic E-state index is 0.0622. The zero-order valence-corrected chi connectivity index (χ0v) is 20.1. The minimum Gasteiger partial charge on any atom is -0.452 e. The molecule has 0 bridgehead atoms. The summed E-state index contributed by atoms with van der Waals surface area (Å²) in [5.41, 5.74) is -0.844. The average Bonchev–Trinajstić information content (AvgIpc) is 2.85. The van der Waals surface area contributed by atoms with E-state index in [1.54, 1.807) is 37.3 Å². The zero-order chi connectivity index (χ0) is 25.8. The molecule has 35 heavy (non-hydrogen) atoms. The van der Waals surface area contributed by atoms with Crippen molar-refractivity contribution in [2.24, 2.45) is 14.1 Å². The Kier molecular flexibility index (Phi) is 7.55. The molecule has 3 rings (SSSR count). The van der Waals surface area contributed by atoms with Gasteiger partial charge in [-0.25, -0.2) is 18.0 Å². The summed E-state index contributed by atoms with van der Waals surface area (Å²) in [6, 6.07) is 14.9. The monoisotopic (exact) mass is 500 g/mol. The molecule has 0 aliphatic carbocycles. The number of carbonyl (C=O) groups excluding carboxylic acids is 2. The van der Waals surface area contributed by atoms with Crippen LogP contribution in [0.3, 0.4) is 0 Å². The van der Waals surface area contributed by atoms with E-state index in [-0.39, 0.29) is 22.8 Å². The highest BCUT2D eigenvalue weighted by atomic mass is 32.2. The van der Waals surface area contributed by atoms with E-state index in [2.05, 4.69) is 5.32 Å². The fraction of sp³-hybridized carbons (Fsp3) is 0.217. The van der Waals surface area contributed by atoms with Crippen molar-refractivity contribution >= 4 is 33.4 Å². The first-order valence-electron chi connectivity index (χ1n) is 10.5. The van der Waals surface area contributed by atoms with Crippen molar-refractivity contribution in [2.45, 2.75) is 11.8 Å². The number of hydrogen-bond donors (Lipinski definition) is 1. The van der Waals surface area contributed by atoms with Gasteiger partial charge in [-0.2, -0.15) is 0 Å². The standard InChI is InChI=1S/C23H24N4O7S/c1-4-27(17-10-6-5-7-11-17)35(32,33)18-12-8-9-16(13-18)22(30)34-15-20(28)24-19-14-21(29)26(3)23(31)25(19)2/h5-14H,4,15H2,1-3H3,(H,24,28). The Morgan fingerprint density at radius 3 is 2.31 bits per heavy atom. The molecule has 3 aromatic rings. The van der Waals surface area contributed by atoms with Crippen molar-refractivity contribution in [1.82, 2.24) is 9.13 Å². The smallest absolute Gasteiger partial charge is 0.338 e. The summed E-state index contributed by atoms with van der Waals surface area (Å²) in [5.74, 6) is -1.77. The van der Waals surface area contributed by atoms with Gasteiger partial charge in [0.05, 0.1) is 16.1 Å². The second-order valence-electron chi connectivity index (χ2n) is 7.43. The Labute approximate surface area is 201 Å². The van der Waals surface area contributed by atoms with Gasteiger partial charge in [0.1, 0.15) is 5.82 Å². The van der Waals surface area contributed by atoms with Crippen LogP contribution in [0.5, 0.6) is 0 Å². The number of sulfonamides is 1. The number of anilines is 2. The Hall–Kier alpha value is -4.19. The minimum atomic E-state index is -3.97. The number of carbonyl (C=O) groups is 2. The molecule has 0 radical (unpaired) electrons. The molecule has 0 aliphatic rings. The third-order valence-electron chi connectivity index (χ3n) is 5.12. The lowest BCUT2D eigenvalue weighted by molar-refractivity contribution is -0.119. The summed E-state index contributed by atoms with van der Waals surface area (Å²) in [7, 11) is -1.30. The van der Waals surface area contributed by atoms with Gasteiger partial charge in [0.2, 0.25) is 0 Å². The molecule has 0 spiro atoms. The topological polar surface area (TPSA) is 137 Å². The number of rotatable bonds is 8. The van der Waals surface area contributed by atoms with E-state index < -0.39 is 39.8 Å². The van der Waals surface area contributed by atoms with Crippen molar-refractivity contribution < 1.29 is 22.7 Å². The number of nitrogens with zero attached hydrogens (tertiary/aromatic N) is 3. The van der Waals surface area contributed by atoms with Gasteiger partial charge in [0.15, 0.2) is 6.61 Å². The van der Waals surface area contributed by atoms with Gasteiger partial charge in [-0.05, 0) is 37.3 Å². The van der Waals surface area contributed by atoms with E-state index >= 15 is 0 Å². The van der Waals surface area contributed by atoms with Gasteiger partial charge in [-0.3, -0.25) is 23.0 Å². The lowest BCUT2D eigenvalue weighted by Crippen LogP contribution is -2.38. The largest absolute Gasteiger partial charge is 0.452 e. The first-order valence-corrected chi connectivity index (χ1v) is 11.9. The van der Waals surface area contributed by atoms with Crippen molar-refractivity contribution in [3.8, 4) is 0 Å². The fourth-order valence-electron chi connectivity index (χ4n) is 3.24. The number of amides is 1. The Morgan fingerprint density at radius 1 is 0.971 bits per heavy atom. The third-order valence-corrected chi connectivity index (χ3v) is 7.02. The van der Waals surface area contributed by atoms with Gasteiger partial charge in [0.25, 0.3) is 21.5 Å². The number of aromatic nitrogens is 2. The lowest BCUT2D eigenvalue weighted by Gasteiger charge is -2.23. The van der Waals surface area contributed by atoms with E-state index in [1.807, 2.05) is 0 Å². The number of nitrogens with one attached hydrogen (secondary N) is 1. The van der Waals surface area contributed by atoms with Crippen LogP contribution < -0.4 is 20.9 Å². The molecule has 0 saturated heterocycles. The van der Waals surface area contributed by atoms with Crippen molar-refractivity contribution in [1.29, 1.82) is 0 Å². The van der Waals surface area contributed by atoms with Gasteiger partial charge in [-0.15, -0.1) is 0 Å².